The van der Waals surface area contributed by atoms with Gasteiger partial charge < -0.3 is 0 Å². The van der Waals surface area contributed by atoms with Crippen molar-refractivity contribution in [2.45, 2.75) is 34.1 Å². The lowest BCUT2D eigenvalue weighted by Crippen LogP contribution is -1.98. The van der Waals surface area contributed by atoms with E-state index in [2.05, 4.69) is 44.0 Å². The summed E-state index contributed by atoms with van der Waals surface area (Å²) in [5.74, 6) is 0. The van der Waals surface area contributed by atoms with Gasteiger partial charge in [-0.2, -0.15) is 0 Å². The number of allylic oxidation sites excluding steroid dienone is 4. The fourth-order valence-electron chi connectivity index (χ4n) is 1.32. The second-order valence-corrected chi connectivity index (χ2v) is 3.83. The molecule has 14 heavy (non-hydrogen) atoms. The highest BCUT2D eigenvalue weighted by atomic mass is 14.7. The topological polar surface area (TPSA) is 12.4 Å². The van der Waals surface area contributed by atoms with Gasteiger partial charge in [-0.25, -0.2) is 0 Å². The molecule has 76 valence electrons. The molecule has 0 atom stereocenters. The van der Waals surface area contributed by atoms with E-state index in [1.165, 1.54) is 16.7 Å². The first-order valence-corrected chi connectivity index (χ1v) is 5.19. The van der Waals surface area contributed by atoms with Crippen molar-refractivity contribution in [1.29, 1.82) is 0 Å². The van der Waals surface area contributed by atoms with Gasteiger partial charge in [-0.15, -0.1) is 0 Å². The molecule has 0 N–H and O–H groups in total. The number of nitrogens with zero attached hydrogens (tertiary/aromatic N) is 1. The Morgan fingerprint density at radius 3 is 2.64 bits per heavy atom. The lowest BCUT2D eigenvalue weighted by molar-refractivity contribution is 1.06. The minimum absolute atomic E-state index is 0.830. The molecule has 1 nitrogen and oxygen atoms in total. The molecule has 0 saturated carbocycles. The SMILES string of the molecule is CCC(C)=C(C)C=C1C=CC(C)=NC1. The van der Waals surface area contributed by atoms with Crippen molar-refractivity contribution in [1.82, 2.24) is 0 Å². The Balaban J connectivity index is 2.78. The van der Waals surface area contributed by atoms with Crippen LogP contribution in [0.5, 0.6) is 0 Å². The molecule has 1 aliphatic heterocycles. The maximum absolute atomic E-state index is 4.39. The van der Waals surface area contributed by atoms with Gasteiger partial charge in [0.1, 0.15) is 0 Å². The van der Waals surface area contributed by atoms with E-state index in [0.717, 1.165) is 18.7 Å². The van der Waals surface area contributed by atoms with Gasteiger partial charge in [0.05, 0.1) is 6.54 Å². The molecule has 1 heterocycles. The molecule has 1 heteroatoms. The molecule has 0 aliphatic carbocycles. The summed E-state index contributed by atoms with van der Waals surface area (Å²) in [6, 6.07) is 0. The normalized spacial score (nSPS) is 20.9. The Bertz CT molecular complexity index is 327. The highest BCUT2D eigenvalue weighted by Gasteiger charge is 1.99. The first-order chi connectivity index (χ1) is 6.63. The lowest BCUT2D eigenvalue weighted by atomic mass is 10.0. The van der Waals surface area contributed by atoms with Crippen molar-refractivity contribution in [2.24, 2.45) is 4.99 Å². The number of dihydropyridines is 1. The fourth-order valence-corrected chi connectivity index (χ4v) is 1.32. The van der Waals surface area contributed by atoms with Gasteiger partial charge in [0.25, 0.3) is 0 Å². The molecule has 0 bridgehead atoms. The first kappa shape index (κ1) is 11.0. The van der Waals surface area contributed by atoms with Gasteiger partial charge >= 0.3 is 0 Å². The van der Waals surface area contributed by atoms with Crippen LogP contribution >= 0.6 is 0 Å². The Labute approximate surface area is 86.9 Å². The van der Waals surface area contributed by atoms with E-state index in [9.17, 15) is 0 Å². The highest BCUT2D eigenvalue weighted by Crippen LogP contribution is 2.13. The van der Waals surface area contributed by atoms with Crippen molar-refractivity contribution < 1.29 is 0 Å². The third kappa shape index (κ3) is 2.99. The molecule has 0 amide bonds. The van der Waals surface area contributed by atoms with Gasteiger partial charge in [-0.05, 0) is 38.8 Å². The molecule has 1 rings (SSSR count). The number of hydrogen-bond acceptors (Lipinski definition) is 1. The number of rotatable bonds is 2. The smallest absolute Gasteiger partial charge is 0.0643 e. The van der Waals surface area contributed by atoms with Gasteiger partial charge in [-0.3, -0.25) is 4.99 Å². The second kappa shape index (κ2) is 4.94. The Kier molecular flexibility index (Phi) is 3.87. The van der Waals surface area contributed by atoms with Crippen LogP contribution in [0.4, 0.5) is 0 Å². The van der Waals surface area contributed by atoms with Crippen molar-refractivity contribution in [2.75, 3.05) is 6.54 Å². The van der Waals surface area contributed by atoms with Crippen LogP contribution in [0.2, 0.25) is 0 Å². The third-order valence-electron chi connectivity index (χ3n) is 2.66. The van der Waals surface area contributed by atoms with Gasteiger partial charge in [0.2, 0.25) is 0 Å². The fraction of sp³-hybridized carbons (Fsp3) is 0.462. The molecule has 0 aromatic heterocycles. The van der Waals surface area contributed by atoms with Gasteiger partial charge in [0, 0.05) is 5.71 Å². The van der Waals surface area contributed by atoms with Crippen molar-refractivity contribution in [3.8, 4) is 0 Å². The van der Waals surface area contributed by atoms with Crippen LogP contribution in [0.3, 0.4) is 0 Å². The van der Waals surface area contributed by atoms with Crippen molar-refractivity contribution in [3.63, 3.8) is 0 Å². The summed E-state index contributed by atoms with van der Waals surface area (Å²) in [6.07, 6.45) is 7.60. The summed E-state index contributed by atoms with van der Waals surface area (Å²) in [5, 5.41) is 0. The number of aliphatic imine (C=N–C) groups is 1. The molecule has 0 fully saturated rings. The van der Waals surface area contributed by atoms with E-state index in [1.807, 2.05) is 6.92 Å². The van der Waals surface area contributed by atoms with Crippen LogP contribution in [0.15, 0.2) is 39.9 Å². The molecule has 1 aliphatic rings. The zero-order valence-electron chi connectivity index (χ0n) is 9.59. The van der Waals surface area contributed by atoms with Crippen molar-refractivity contribution >= 4 is 5.71 Å². The van der Waals surface area contributed by atoms with Crippen LogP contribution < -0.4 is 0 Å². The van der Waals surface area contributed by atoms with Crippen LogP contribution in [0, 0.1) is 0 Å². The predicted octanol–water partition coefficient (Wildman–Crippen LogP) is 3.69. The monoisotopic (exact) mass is 189 g/mol. The maximum atomic E-state index is 4.39. The minimum atomic E-state index is 0.830. The maximum Gasteiger partial charge on any atom is 0.0643 e. The summed E-state index contributed by atoms with van der Waals surface area (Å²) in [5.41, 5.74) is 5.26. The second-order valence-electron chi connectivity index (χ2n) is 3.83. The Morgan fingerprint density at radius 2 is 2.14 bits per heavy atom. The minimum Gasteiger partial charge on any atom is -0.285 e. The first-order valence-electron chi connectivity index (χ1n) is 5.19. The quantitative estimate of drug-likeness (QED) is 0.628. The van der Waals surface area contributed by atoms with Crippen molar-refractivity contribution in [3.05, 3.63) is 34.9 Å². The highest BCUT2D eigenvalue weighted by molar-refractivity contribution is 5.94. The van der Waals surface area contributed by atoms with Gasteiger partial charge in [-0.1, -0.05) is 30.2 Å². The molecule has 0 unspecified atom stereocenters. The van der Waals surface area contributed by atoms with E-state index >= 15 is 0 Å². The Morgan fingerprint density at radius 1 is 1.43 bits per heavy atom. The standard InChI is InChI=1S/C13H19N/c1-5-10(2)11(3)8-13-7-6-12(4)14-9-13/h6-8H,5,9H2,1-4H3. The van der Waals surface area contributed by atoms with E-state index in [1.54, 1.807) is 0 Å². The average molecular weight is 189 g/mol. The largest absolute Gasteiger partial charge is 0.285 e. The summed E-state index contributed by atoms with van der Waals surface area (Å²) >= 11 is 0. The Hall–Kier alpha value is -1.11. The molecular formula is C13H19N. The van der Waals surface area contributed by atoms with E-state index in [0.29, 0.717) is 0 Å². The summed E-state index contributed by atoms with van der Waals surface area (Å²) in [7, 11) is 0. The molecule has 0 radical (unpaired) electrons. The van der Waals surface area contributed by atoms with Crippen LogP contribution in [0.1, 0.15) is 34.1 Å². The molecular weight excluding hydrogens is 170 g/mol. The van der Waals surface area contributed by atoms with Crippen LogP contribution in [0.25, 0.3) is 0 Å². The lowest BCUT2D eigenvalue weighted by Gasteiger charge is -2.07. The zero-order chi connectivity index (χ0) is 10.6. The molecule has 0 aromatic rings. The number of hydrogen-bond donors (Lipinski definition) is 0. The average Bonchev–Trinajstić information content (AvgIpc) is 2.20. The zero-order valence-corrected chi connectivity index (χ0v) is 9.59. The summed E-state index contributed by atoms with van der Waals surface area (Å²) < 4.78 is 0. The summed E-state index contributed by atoms with van der Waals surface area (Å²) in [6.45, 7) is 9.42. The predicted molar refractivity (Wildman–Crippen MR) is 63.9 cm³/mol. The van der Waals surface area contributed by atoms with Crippen LogP contribution in [-0.2, 0) is 0 Å². The van der Waals surface area contributed by atoms with E-state index in [4.69, 9.17) is 0 Å². The third-order valence-corrected chi connectivity index (χ3v) is 2.66. The summed E-state index contributed by atoms with van der Waals surface area (Å²) in [4.78, 5) is 4.39. The molecule has 0 spiro atoms. The van der Waals surface area contributed by atoms with Gasteiger partial charge in [0.15, 0.2) is 0 Å². The van der Waals surface area contributed by atoms with E-state index < -0.39 is 0 Å². The van der Waals surface area contributed by atoms with E-state index in [-0.39, 0.29) is 0 Å². The van der Waals surface area contributed by atoms with Crippen LogP contribution in [-0.4, -0.2) is 12.3 Å². The molecule has 0 aromatic carbocycles. The molecule has 0 saturated heterocycles.